The molecule has 0 fully saturated rings. The van der Waals surface area contributed by atoms with Crippen LogP contribution in [0.1, 0.15) is 11.3 Å². The molecule has 0 aliphatic carbocycles. The van der Waals surface area contributed by atoms with Crippen LogP contribution in [0.3, 0.4) is 0 Å². The van der Waals surface area contributed by atoms with E-state index in [1.165, 1.54) is 12.3 Å². The Morgan fingerprint density at radius 2 is 2.00 bits per heavy atom. The molecule has 0 aliphatic heterocycles. The second-order valence-electron chi connectivity index (χ2n) is 3.45. The first-order valence-corrected chi connectivity index (χ1v) is 5.88. The van der Waals surface area contributed by atoms with E-state index in [0.717, 1.165) is 10.7 Å². The van der Waals surface area contributed by atoms with Crippen molar-refractivity contribution in [1.82, 2.24) is 15.0 Å². The largest absolute Gasteiger partial charge is 0.419 e. The van der Waals surface area contributed by atoms with Gasteiger partial charge in [0.1, 0.15) is 5.82 Å². The van der Waals surface area contributed by atoms with Crippen LogP contribution >= 0.6 is 15.9 Å². The molecular formula is C10H6BrF4N3. The summed E-state index contributed by atoms with van der Waals surface area (Å²) < 4.78 is 51.8. The van der Waals surface area contributed by atoms with E-state index in [0.29, 0.717) is 17.1 Å². The number of hydrogen-bond donors (Lipinski definition) is 0. The fraction of sp³-hybridized carbons (Fsp3) is 0.200. The van der Waals surface area contributed by atoms with Crippen LogP contribution in [0.5, 0.6) is 0 Å². The number of hydrogen-bond acceptors (Lipinski definition) is 2. The van der Waals surface area contributed by atoms with Gasteiger partial charge < -0.3 is 0 Å². The van der Waals surface area contributed by atoms with Crippen molar-refractivity contribution in [3.8, 4) is 5.69 Å². The molecule has 0 bridgehead atoms. The maximum absolute atomic E-state index is 13.1. The number of alkyl halides is 4. The smallest absolute Gasteiger partial charge is 0.220 e. The molecule has 1 aromatic heterocycles. The van der Waals surface area contributed by atoms with Gasteiger partial charge in [0, 0.05) is 5.33 Å². The van der Waals surface area contributed by atoms with Gasteiger partial charge >= 0.3 is 6.18 Å². The molecule has 0 saturated heterocycles. The normalized spacial score (nSPS) is 11.8. The van der Waals surface area contributed by atoms with Crippen molar-refractivity contribution in [2.75, 3.05) is 0 Å². The van der Waals surface area contributed by atoms with Crippen LogP contribution in [-0.4, -0.2) is 15.0 Å². The Morgan fingerprint density at radius 3 is 2.56 bits per heavy atom. The van der Waals surface area contributed by atoms with E-state index in [2.05, 4.69) is 26.2 Å². The minimum absolute atomic E-state index is 0.100. The third-order valence-electron chi connectivity index (χ3n) is 2.20. The highest BCUT2D eigenvalue weighted by atomic mass is 79.9. The van der Waals surface area contributed by atoms with Crippen molar-refractivity contribution in [3.05, 3.63) is 41.5 Å². The lowest BCUT2D eigenvalue weighted by molar-refractivity contribution is -0.140. The first-order chi connectivity index (χ1) is 8.41. The summed E-state index contributed by atoms with van der Waals surface area (Å²) in [5.41, 5.74) is -0.660. The maximum Gasteiger partial charge on any atom is 0.419 e. The zero-order chi connectivity index (χ0) is 13.3. The van der Waals surface area contributed by atoms with Gasteiger partial charge in [0.05, 0.1) is 23.1 Å². The van der Waals surface area contributed by atoms with Crippen LogP contribution in [0.4, 0.5) is 17.6 Å². The third kappa shape index (κ3) is 2.53. The van der Waals surface area contributed by atoms with E-state index in [4.69, 9.17) is 0 Å². The summed E-state index contributed by atoms with van der Waals surface area (Å²) in [6.45, 7) is 0. The van der Waals surface area contributed by atoms with Crippen molar-refractivity contribution < 1.29 is 17.6 Å². The molecule has 2 aromatic rings. The molecule has 0 unspecified atom stereocenters. The summed E-state index contributed by atoms with van der Waals surface area (Å²) in [6.07, 6.45) is -3.28. The number of halogens is 5. The predicted octanol–water partition coefficient (Wildman–Crippen LogP) is 3.32. The predicted molar refractivity (Wildman–Crippen MR) is 59.0 cm³/mol. The second kappa shape index (κ2) is 4.68. The molecule has 0 aliphatic rings. The average Bonchev–Trinajstić information content (AvgIpc) is 2.76. The van der Waals surface area contributed by atoms with E-state index in [-0.39, 0.29) is 5.69 Å². The van der Waals surface area contributed by atoms with Crippen molar-refractivity contribution in [3.63, 3.8) is 0 Å². The quantitative estimate of drug-likeness (QED) is 0.627. The lowest BCUT2D eigenvalue weighted by Crippen LogP contribution is -2.09. The molecule has 96 valence electrons. The highest BCUT2D eigenvalue weighted by Gasteiger charge is 2.34. The fourth-order valence-corrected chi connectivity index (χ4v) is 1.62. The van der Waals surface area contributed by atoms with E-state index >= 15 is 0 Å². The Bertz CT molecular complexity index is 564. The molecule has 3 nitrogen and oxygen atoms in total. The number of rotatable bonds is 2. The second-order valence-corrected chi connectivity index (χ2v) is 4.01. The molecule has 2 rings (SSSR count). The zero-order valence-electron chi connectivity index (χ0n) is 8.75. The van der Waals surface area contributed by atoms with E-state index in [1.54, 1.807) is 0 Å². The summed E-state index contributed by atoms with van der Waals surface area (Å²) >= 11 is 3.15. The van der Waals surface area contributed by atoms with E-state index in [9.17, 15) is 17.6 Å². The molecule has 0 amide bonds. The van der Waals surface area contributed by atoms with Crippen molar-refractivity contribution in [2.24, 2.45) is 0 Å². The Morgan fingerprint density at radius 1 is 1.28 bits per heavy atom. The number of nitrogens with zero attached hydrogens (tertiary/aromatic N) is 3. The number of benzene rings is 1. The summed E-state index contributed by atoms with van der Waals surface area (Å²) in [5, 5.41) is 7.80. The van der Waals surface area contributed by atoms with Crippen LogP contribution in [0.15, 0.2) is 24.4 Å². The highest BCUT2D eigenvalue weighted by molar-refractivity contribution is 9.08. The van der Waals surface area contributed by atoms with Gasteiger partial charge in [-0.1, -0.05) is 21.1 Å². The molecule has 0 radical (unpaired) electrons. The maximum atomic E-state index is 13.1. The minimum atomic E-state index is -4.74. The first kappa shape index (κ1) is 13.0. The Hall–Kier alpha value is -1.44. The summed E-state index contributed by atoms with van der Waals surface area (Å²) in [4.78, 5) is 0. The fourth-order valence-electron chi connectivity index (χ4n) is 1.36. The van der Waals surface area contributed by atoms with Crippen LogP contribution in [0.25, 0.3) is 5.69 Å². The van der Waals surface area contributed by atoms with Gasteiger partial charge in [-0.25, -0.2) is 9.07 Å². The topological polar surface area (TPSA) is 30.7 Å². The Balaban J connectivity index is 2.47. The van der Waals surface area contributed by atoms with Gasteiger partial charge in [0.2, 0.25) is 0 Å². The van der Waals surface area contributed by atoms with Gasteiger partial charge in [-0.05, 0) is 18.2 Å². The summed E-state index contributed by atoms with van der Waals surface area (Å²) in [6, 6.07) is 2.66. The Kier molecular flexibility index (Phi) is 3.38. The monoisotopic (exact) mass is 323 g/mol. The lowest BCUT2D eigenvalue weighted by Gasteiger charge is -2.09. The summed E-state index contributed by atoms with van der Waals surface area (Å²) in [7, 11) is 0. The summed E-state index contributed by atoms with van der Waals surface area (Å²) in [5.74, 6) is -1.31. The van der Waals surface area contributed by atoms with Crippen LogP contribution < -0.4 is 0 Å². The SMILES string of the molecule is Fc1ccc(-n2cc(CBr)nn2)cc1C(F)(F)F. The van der Waals surface area contributed by atoms with Gasteiger partial charge in [0.25, 0.3) is 0 Å². The number of aromatic nitrogens is 3. The van der Waals surface area contributed by atoms with E-state index < -0.39 is 17.6 Å². The molecule has 0 saturated carbocycles. The molecule has 0 N–H and O–H groups in total. The van der Waals surface area contributed by atoms with Gasteiger partial charge in [-0.15, -0.1) is 5.10 Å². The van der Waals surface area contributed by atoms with E-state index in [1.807, 2.05) is 0 Å². The van der Waals surface area contributed by atoms with Crippen molar-refractivity contribution in [2.45, 2.75) is 11.5 Å². The zero-order valence-corrected chi connectivity index (χ0v) is 10.3. The third-order valence-corrected chi connectivity index (χ3v) is 2.77. The van der Waals surface area contributed by atoms with Crippen molar-refractivity contribution >= 4 is 15.9 Å². The molecular weight excluding hydrogens is 318 g/mol. The highest BCUT2D eigenvalue weighted by Crippen LogP contribution is 2.32. The minimum Gasteiger partial charge on any atom is -0.220 e. The van der Waals surface area contributed by atoms with Gasteiger partial charge in [0.15, 0.2) is 0 Å². The average molecular weight is 324 g/mol. The Labute approximate surface area is 108 Å². The first-order valence-electron chi connectivity index (χ1n) is 4.76. The van der Waals surface area contributed by atoms with Crippen LogP contribution in [-0.2, 0) is 11.5 Å². The van der Waals surface area contributed by atoms with Gasteiger partial charge in [-0.2, -0.15) is 13.2 Å². The molecule has 1 aromatic carbocycles. The molecule has 0 spiro atoms. The van der Waals surface area contributed by atoms with Gasteiger partial charge in [-0.3, -0.25) is 0 Å². The standard InChI is InChI=1S/C10H6BrF4N3/c11-4-6-5-18(17-16-6)7-1-2-9(12)8(3-7)10(13,14)15/h1-3,5H,4H2. The molecule has 8 heteroatoms. The van der Waals surface area contributed by atoms with Crippen LogP contribution in [0, 0.1) is 5.82 Å². The lowest BCUT2D eigenvalue weighted by atomic mass is 10.2. The molecule has 0 atom stereocenters. The van der Waals surface area contributed by atoms with Crippen molar-refractivity contribution in [1.29, 1.82) is 0 Å². The van der Waals surface area contributed by atoms with Crippen LogP contribution in [0.2, 0.25) is 0 Å². The molecule has 18 heavy (non-hydrogen) atoms. The molecule has 1 heterocycles.